The Morgan fingerprint density at radius 3 is 2.54 bits per heavy atom. The Morgan fingerprint density at radius 2 is 1.88 bits per heavy atom. The van der Waals surface area contributed by atoms with Crippen LogP contribution in [0.25, 0.3) is 28.0 Å². The lowest BCUT2D eigenvalue weighted by Gasteiger charge is -2.38. The highest BCUT2D eigenvalue weighted by Gasteiger charge is 2.46. The van der Waals surface area contributed by atoms with Crippen molar-refractivity contribution in [2.45, 2.75) is 84.2 Å². The molecule has 3 aromatic rings. The Hall–Kier alpha value is -4.29. The van der Waals surface area contributed by atoms with E-state index in [1.165, 1.54) is 18.9 Å². The number of hydrogen-bond donors (Lipinski definition) is 1. The highest BCUT2D eigenvalue weighted by atomic mass is 19.1. The van der Waals surface area contributed by atoms with Gasteiger partial charge in [0.05, 0.1) is 34.5 Å². The van der Waals surface area contributed by atoms with E-state index < -0.39 is 0 Å². The van der Waals surface area contributed by atoms with Crippen molar-refractivity contribution in [3.05, 3.63) is 58.5 Å². The molecular weight excluding hydrogens is 627 g/mol. The molecule has 0 radical (unpaired) electrons. The van der Waals surface area contributed by atoms with Crippen LogP contribution >= 0.6 is 0 Å². The number of allylic oxidation sites excluding steroid dienone is 3. The number of nitrogens with zero attached hydrogens (tertiary/aromatic N) is 6. The van der Waals surface area contributed by atoms with Gasteiger partial charge < -0.3 is 14.7 Å². The molecule has 1 N–H and O–H groups in total. The minimum atomic E-state index is -0.264. The van der Waals surface area contributed by atoms with E-state index in [4.69, 9.17) is 19.7 Å². The second kappa shape index (κ2) is 12.8. The van der Waals surface area contributed by atoms with Gasteiger partial charge in [-0.3, -0.25) is 9.89 Å². The third-order valence-electron chi connectivity index (χ3n) is 12.0. The largest absolute Gasteiger partial charge is 0.508 e. The van der Waals surface area contributed by atoms with Gasteiger partial charge in [-0.05, 0) is 137 Å². The van der Waals surface area contributed by atoms with Crippen LogP contribution in [-0.4, -0.2) is 70.1 Å². The minimum absolute atomic E-state index is 0.0370. The van der Waals surface area contributed by atoms with E-state index >= 15 is 4.39 Å². The fourth-order valence-corrected chi connectivity index (χ4v) is 9.78. The second-order valence-corrected chi connectivity index (χ2v) is 15.3. The van der Waals surface area contributed by atoms with Crippen LogP contribution in [0.15, 0.2) is 35.3 Å². The SMILES string of the molecule is C/C=C1\C(=NC(C)C)C(c2cc(O)cc3ccc(F)c(CC)c23)=Cc2nc(OCC34CCCN3CCC4)nc(N3CC4CCC(C3)C4C#N)c21. The Labute approximate surface area is 294 Å². The first-order chi connectivity index (χ1) is 24.2. The second-order valence-electron chi connectivity index (χ2n) is 15.3. The summed E-state index contributed by atoms with van der Waals surface area (Å²) in [5.74, 6) is 1.34. The Bertz CT molecular complexity index is 1970. The molecule has 8 rings (SSSR count). The molecule has 4 heterocycles. The summed E-state index contributed by atoms with van der Waals surface area (Å²) < 4.78 is 22.0. The molecule has 0 amide bonds. The Kier molecular flexibility index (Phi) is 8.42. The standard InChI is InChI=1S/C41H47FN6O2/c1-5-29-34(42)12-11-25-17-28(49)18-31(36(25)29)32-19-35-37(30(6-2)38(32)44-24(3)4)39(47-21-26-9-10-27(22-47)33(26)20-43)46-40(45-35)50-23-41-13-7-15-48(41)16-8-14-41/h6,11-12,17-19,24,26-27,33,49H,5,7-10,13-16,21-23H2,1-4H3/b30-6-,44-38?. The lowest BCUT2D eigenvalue weighted by molar-refractivity contribution is 0.107. The van der Waals surface area contributed by atoms with Crippen LogP contribution in [0.1, 0.15) is 88.6 Å². The molecule has 50 heavy (non-hydrogen) atoms. The van der Waals surface area contributed by atoms with Gasteiger partial charge in [-0.25, -0.2) is 4.39 Å². The van der Waals surface area contributed by atoms with E-state index in [2.05, 4.69) is 35.8 Å². The molecule has 8 nitrogen and oxygen atoms in total. The lowest BCUT2D eigenvalue weighted by Crippen LogP contribution is -2.44. The molecule has 260 valence electrons. The molecule has 2 aliphatic carbocycles. The van der Waals surface area contributed by atoms with Crippen molar-refractivity contribution in [2.75, 3.05) is 37.7 Å². The number of hydrogen-bond acceptors (Lipinski definition) is 8. The van der Waals surface area contributed by atoms with E-state index in [1.807, 2.05) is 19.9 Å². The number of nitriles is 1. The molecule has 2 bridgehead atoms. The summed E-state index contributed by atoms with van der Waals surface area (Å²) in [6.45, 7) is 12.4. The number of aromatic nitrogens is 2. The molecule has 3 saturated heterocycles. The maximum Gasteiger partial charge on any atom is 0.319 e. The number of aryl methyl sites for hydroxylation is 1. The van der Waals surface area contributed by atoms with Gasteiger partial charge in [0.2, 0.25) is 0 Å². The molecular formula is C41H47FN6O2. The number of anilines is 1. The number of ether oxygens (including phenoxy) is 1. The molecule has 1 saturated carbocycles. The average Bonchev–Trinajstić information content (AvgIpc) is 3.76. The smallest absolute Gasteiger partial charge is 0.319 e. The molecule has 9 heteroatoms. The normalized spacial score (nSPS) is 25.7. The number of aromatic hydroxyl groups is 1. The van der Waals surface area contributed by atoms with Crippen LogP contribution in [0, 0.1) is 34.9 Å². The predicted molar refractivity (Wildman–Crippen MR) is 197 cm³/mol. The highest BCUT2D eigenvalue weighted by molar-refractivity contribution is 6.50. The summed E-state index contributed by atoms with van der Waals surface area (Å²) in [6.07, 6.45) is 11.3. The Balaban J connectivity index is 1.34. The minimum Gasteiger partial charge on any atom is -0.508 e. The lowest BCUT2D eigenvalue weighted by atomic mass is 9.81. The number of fused-ring (bicyclic) bond motifs is 5. The average molecular weight is 675 g/mol. The molecule has 3 aliphatic heterocycles. The van der Waals surface area contributed by atoms with Crippen molar-refractivity contribution >= 4 is 39.5 Å². The predicted octanol–water partition coefficient (Wildman–Crippen LogP) is 7.84. The molecule has 1 aromatic heterocycles. The molecule has 4 fully saturated rings. The number of aliphatic imine (C=N–C) groups is 1. The summed E-state index contributed by atoms with van der Waals surface area (Å²) in [5, 5.41) is 22.6. The quantitative estimate of drug-likeness (QED) is 0.273. The highest BCUT2D eigenvalue weighted by Crippen LogP contribution is 2.48. The molecule has 5 aliphatic rings. The Morgan fingerprint density at radius 1 is 1.14 bits per heavy atom. The van der Waals surface area contributed by atoms with Crippen molar-refractivity contribution in [3.63, 3.8) is 0 Å². The van der Waals surface area contributed by atoms with Gasteiger partial charge in [-0.1, -0.05) is 19.1 Å². The van der Waals surface area contributed by atoms with Crippen LogP contribution in [0.5, 0.6) is 11.8 Å². The van der Waals surface area contributed by atoms with Crippen LogP contribution in [0.4, 0.5) is 10.2 Å². The number of phenols is 1. The van der Waals surface area contributed by atoms with E-state index in [1.54, 1.807) is 18.2 Å². The first-order valence-electron chi connectivity index (χ1n) is 18.6. The third-order valence-corrected chi connectivity index (χ3v) is 12.0. The van der Waals surface area contributed by atoms with Gasteiger partial charge in [0, 0.05) is 30.3 Å². The van der Waals surface area contributed by atoms with Gasteiger partial charge in [-0.2, -0.15) is 15.2 Å². The van der Waals surface area contributed by atoms with Gasteiger partial charge in [-0.15, -0.1) is 0 Å². The van der Waals surface area contributed by atoms with Gasteiger partial charge in [0.25, 0.3) is 0 Å². The van der Waals surface area contributed by atoms with Crippen molar-refractivity contribution in [3.8, 4) is 17.8 Å². The van der Waals surface area contributed by atoms with Gasteiger partial charge in [0.15, 0.2) is 0 Å². The number of benzene rings is 2. The zero-order chi connectivity index (χ0) is 34.7. The maximum absolute atomic E-state index is 15.4. The fraction of sp³-hybridized carbons (Fsp3) is 0.512. The van der Waals surface area contributed by atoms with Crippen LogP contribution in [0.2, 0.25) is 0 Å². The molecule has 2 atom stereocenters. The number of piperidine rings is 1. The zero-order valence-corrected chi connectivity index (χ0v) is 29.7. The van der Waals surface area contributed by atoms with Crippen molar-refractivity contribution < 1.29 is 14.2 Å². The monoisotopic (exact) mass is 674 g/mol. The summed E-state index contributed by atoms with van der Waals surface area (Å²) in [4.78, 5) is 20.5. The summed E-state index contributed by atoms with van der Waals surface area (Å²) in [6, 6.07) is 9.59. The maximum atomic E-state index is 15.4. The van der Waals surface area contributed by atoms with Crippen molar-refractivity contribution in [2.24, 2.45) is 22.7 Å². The molecule has 2 aromatic carbocycles. The first kappa shape index (κ1) is 32.9. The van der Waals surface area contributed by atoms with E-state index in [0.717, 1.165) is 102 Å². The summed E-state index contributed by atoms with van der Waals surface area (Å²) in [5.41, 5.74) is 5.47. The first-order valence-corrected chi connectivity index (χ1v) is 18.6. The fourth-order valence-electron chi connectivity index (χ4n) is 9.78. The third kappa shape index (κ3) is 5.38. The number of halogens is 1. The van der Waals surface area contributed by atoms with Crippen LogP contribution in [0.3, 0.4) is 0 Å². The van der Waals surface area contributed by atoms with E-state index in [-0.39, 0.29) is 29.1 Å². The topological polar surface area (TPSA) is 97.9 Å². The molecule has 2 unspecified atom stereocenters. The summed E-state index contributed by atoms with van der Waals surface area (Å²) >= 11 is 0. The van der Waals surface area contributed by atoms with Gasteiger partial charge >= 0.3 is 6.01 Å². The van der Waals surface area contributed by atoms with Gasteiger partial charge in [0.1, 0.15) is 24.0 Å². The van der Waals surface area contributed by atoms with E-state index in [0.29, 0.717) is 36.4 Å². The number of rotatable bonds is 7. The number of phenolic OH excluding ortho intramolecular Hbond substituents is 1. The van der Waals surface area contributed by atoms with Crippen molar-refractivity contribution in [1.29, 1.82) is 5.26 Å². The zero-order valence-electron chi connectivity index (χ0n) is 29.7. The van der Waals surface area contributed by atoms with E-state index in [9.17, 15) is 10.4 Å². The van der Waals surface area contributed by atoms with Crippen molar-refractivity contribution in [1.82, 2.24) is 14.9 Å². The summed E-state index contributed by atoms with van der Waals surface area (Å²) in [7, 11) is 0. The van der Waals surface area contributed by atoms with Crippen LogP contribution < -0.4 is 9.64 Å². The van der Waals surface area contributed by atoms with Crippen LogP contribution in [-0.2, 0) is 6.42 Å². The molecule has 0 spiro atoms.